The van der Waals surface area contributed by atoms with Crippen molar-refractivity contribution in [1.82, 2.24) is 4.90 Å². The van der Waals surface area contributed by atoms with E-state index in [1.165, 1.54) is 0 Å². The van der Waals surface area contributed by atoms with Gasteiger partial charge >= 0.3 is 5.97 Å². The van der Waals surface area contributed by atoms with Crippen molar-refractivity contribution < 1.29 is 19.4 Å². The summed E-state index contributed by atoms with van der Waals surface area (Å²) in [5, 5.41) is 9.50. The average Bonchev–Trinajstić information content (AvgIpc) is 2.61. The molecule has 1 amide bonds. The van der Waals surface area contributed by atoms with Crippen molar-refractivity contribution in [3.63, 3.8) is 0 Å². The Balaban J connectivity index is 1.58. The van der Waals surface area contributed by atoms with Crippen molar-refractivity contribution in [2.75, 3.05) is 13.2 Å². The normalized spacial score (nSPS) is 21.3. The molecule has 1 fully saturated rings. The lowest BCUT2D eigenvalue weighted by Gasteiger charge is -2.34. The van der Waals surface area contributed by atoms with Crippen molar-refractivity contribution in [2.24, 2.45) is 5.92 Å². The molecular formula is C19H25NO4. The topological polar surface area (TPSA) is 66.8 Å². The summed E-state index contributed by atoms with van der Waals surface area (Å²) in [6.07, 6.45) is 4.83. The van der Waals surface area contributed by atoms with Gasteiger partial charge in [0.2, 0.25) is 5.91 Å². The molecule has 130 valence electrons. The zero-order chi connectivity index (χ0) is 16.9. The quantitative estimate of drug-likeness (QED) is 0.901. The van der Waals surface area contributed by atoms with E-state index in [0.29, 0.717) is 25.3 Å². The lowest BCUT2D eigenvalue weighted by Crippen LogP contribution is -2.48. The number of carbonyl (C=O) groups is 2. The van der Waals surface area contributed by atoms with Crippen LogP contribution >= 0.6 is 0 Å². The van der Waals surface area contributed by atoms with Crippen LogP contribution in [0.2, 0.25) is 0 Å². The van der Waals surface area contributed by atoms with Gasteiger partial charge in [0.1, 0.15) is 6.04 Å². The number of aliphatic carboxylic acids is 1. The van der Waals surface area contributed by atoms with E-state index >= 15 is 0 Å². The van der Waals surface area contributed by atoms with Crippen LogP contribution in [0.25, 0.3) is 0 Å². The highest BCUT2D eigenvalue weighted by Crippen LogP contribution is 2.26. The van der Waals surface area contributed by atoms with Crippen molar-refractivity contribution in [2.45, 2.75) is 51.1 Å². The Morgan fingerprint density at radius 2 is 1.88 bits per heavy atom. The molecule has 0 saturated carbocycles. The standard InChI is InChI=1S/C19H25NO4/c21-18(7-3-4-14-8-10-24-11-9-14)20-13-16-6-2-1-5-15(16)12-17(20)19(22)23/h1-2,5-6,14,17H,3-4,7-13H2,(H,22,23). The predicted octanol–water partition coefficient (Wildman–Crippen LogP) is 2.62. The first-order valence-corrected chi connectivity index (χ1v) is 8.82. The third kappa shape index (κ3) is 3.96. The van der Waals surface area contributed by atoms with Crippen LogP contribution in [0, 0.1) is 5.92 Å². The summed E-state index contributed by atoms with van der Waals surface area (Å²) in [6.45, 7) is 2.05. The Morgan fingerprint density at radius 3 is 2.58 bits per heavy atom. The van der Waals surface area contributed by atoms with Crippen molar-refractivity contribution in [3.8, 4) is 0 Å². The summed E-state index contributed by atoms with van der Waals surface area (Å²) >= 11 is 0. The zero-order valence-electron chi connectivity index (χ0n) is 13.9. The summed E-state index contributed by atoms with van der Waals surface area (Å²) in [5.74, 6) is -0.310. The molecule has 2 heterocycles. The smallest absolute Gasteiger partial charge is 0.326 e. The lowest BCUT2D eigenvalue weighted by molar-refractivity contribution is -0.151. The number of hydrogen-bond acceptors (Lipinski definition) is 3. The van der Waals surface area contributed by atoms with Gasteiger partial charge in [0, 0.05) is 32.6 Å². The molecular weight excluding hydrogens is 306 g/mol. The number of ether oxygens (including phenoxy) is 1. The van der Waals surface area contributed by atoms with Crippen molar-refractivity contribution in [3.05, 3.63) is 35.4 Å². The second-order valence-corrected chi connectivity index (χ2v) is 6.80. The van der Waals surface area contributed by atoms with Crippen molar-refractivity contribution in [1.29, 1.82) is 0 Å². The first-order valence-electron chi connectivity index (χ1n) is 8.82. The molecule has 2 aliphatic rings. The number of fused-ring (bicyclic) bond motifs is 1. The number of hydrogen-bond donors (Lipinski definition) is 1. The van der Waals surface area contributed by atoms with Crippen LogP contribution in [0.15, 0.2) is 24.3 Å². The van der Waals surface area contributed by atoms with E-state index in [2.05, 4.69) is 0 Å². The van der Waals surface area contributed by atoms with Gasteiger partial charge in [-0.1, -0.05) is 24.3 Å². The van der Waals surface area contributed by atoms with E-state index in [4.69, 9.17) is 4.74 Å². The maximum absolute atomic E-state index is 12.6. The van der Waals surface area contributed by atoms with Gasteiger partial charge in [-0.05, 0) is 42.7 Å². The molecule has 1 aromatic rings. The van der Waals surface area contributed by atoms with Gasteiger partial charge in [0.05, 0.1) is 0 Å². The summed E-state index contributed by atoms with van der Waals surface area (Å²) in [4.78, 5) is 25.7. The van der Waals surface area contributed by atoms with E-state index in [1.807, 2.05) is 24.3 Å². The maximum atomic E-state index is 12.6. The van der Waals surface area contributed by atoms with Crippen LogP contribution in [0.1, 0.15) is 43.2 Å². The van der Waals surface area contributed by atoms with Crippen LogP contribution < -0.4 is 0 Å². The summed E-state index contributed by atoms with van der Waals surface area (Å²) < 4.78 is 5.36. The molecule has 1 N–H and O–H groups in total. The number of rotatable bonds is 5. The Kier molecular flexibility index (Phi) is 5.51. The summed E-state index contributed by atoms with van der Waals surface area (Å²) in [6, 6.07) is 7.06. The van der Waals surface area contributed by atoms with Gasteiger partial charge in [-0.15, -0.1) is 0 Å². The minimum absolute atomic E-state index is 0.0380. The summed E-state index contributed by atoms with van der Waals surface area (Å²) in [5.41, 5.74) is 2.10. The third-order valence-electron chi connectivity index (χ3n) is 5.20. The SMILES string of the molecule is O=C(O)C1Cc2ccccc2CN1C(=O)CCCC1CCOCC1. The van der Waals surface area contributed by atoms with E-state index < -0.39 is 12.0 Å². The highest BCUT2D eigenvalue weighted by atomic mass is 16.5. The first-order chi connectivity index (χ1) is 11.6. The van der Waals surface area contributed by atoms with Gasteiger partial charge in [0.15, 0.2) is 0 Å². The molecule has 5 nitrogen and oxygen atoms in total. The lowest BCUT2D eigenvalue weighted by atomic mass is 9.92. The minimum Gasteiger partial charge on any atom is -0.480 e. The van der Waals surface area contributed by atoms with Crippen LogP contribution in [-0.2, 0) is 27.3 Å². The Morgan fingerprint density at radius 1 is 1.17 bits per heavy atom. The first kappa shape index (κ1) is 17.0. The molecule has 24 heavy (non-hydrogen) atoms. The Hall–Kier alpha value is -1.88. The fourth-order valence-electron chi connectivity index (χ4n) is 3.73. The molecule has 1 saturated heterocycles. The molecule has 0 radical (unpaired) electrons. The monoisotopic (exact) mass is 331 g/mol. The summed E-state index contributed by atoms with van der Waals surface area (Å²) in [7, 11) is 0. The zero-order valence-corrected chi connectivity index (χ0v) is 13.9. The molecule has 1 atom stereocenters. The van der Waals surface area contributed by atoms with E-state index in [0.717, 1.165) is 50.0 Å². The van der Waals surface area contributed by atoms with E-state index in [9.17, 15) is 14.7 Å². The third-order valence-corrected chi connectivity index (χ3v) is 5.20. The number of amides is 1. The maximum Gasteiger partial charge on any atom is 0.326 e. The second kappa shape index (κ2) is 7.79. The largest absolute Gasteiger partial charge is 0.480 e. The fraction of sp³-hybridized carbons (Fsp3) is 0.579. The molecule has 0 aromatic heterocycles. The van der Waals surface area contributed by atoms with E-state index in [-0.39, 0.29) is 5.91 Å². The number of benzene rings is 1. The second-order valence-electron chi connectivity index (χ2n) is 6.80. The van der Waals surface area contributed by atoms with Gasteiger partial charge < -0.3 is 14.7 Å². The van der Waals surface area contributed by atoms with Crippen LogP contribution in [0.5, 0.6) is 0 Å². The molecule has 5 heteroatoms. The molecule has 0 aliphatic carbocycles. The molecule has 0 spiro atoms. The van der Waals surface area contributed by atoms with Crippen LogP contribution in [0.4, 0.5) is 0 Å². The highest BCUT2D eigenvalue weighted by molar-refractivity contribution is 5.84. The van der Waals surface area contributed by atoms with Crippen LogP contribution in [0.3, 0.4) is 0 Å². The Labute approximate surface area is 142 Å². The van der Waals surface area contributed by atoms with Gasteiger partial charge in [0.25, 0.3) is 0 Å². The predicted molar refractivity (Wildman–Crippen MR) is 89.5 cm³/mol. The molecule has 1 unspecified atom stereocenters. The number of carboxylic acid groups (broad SMARTS) is 1. The number of carboxylic acids is 1. The Bertz CT molecular complexity index is 595. The number of carbonyl (C=O) groups excluding carboxylic acids is 1. The highest BCUT2D eigenvalue weighted by Gasteiger charge is 2.34. The average molecular weight is 331 g/mol. The van der Waals surface area contributed by atoms with Gasteiger partial charge in [-0.3, -0.25) is 4.79 Å². The molecule has 3 rings (SSSR count). The van der Waals surface area contributed by atoms with E-state index in [1.54, 1.807) is 4.90 Å². The van der Waals surface area contributed by atoms with Crippen molar-refractivity contribution >= 4 is 11.9 Å². The molecule has 0 bridgehead atoms. The molecule has 1 aromatic carbocycles. The van der Waals surface area contributed by atoms with Gasteiger partial charge in [-0.2, -0.15) is 0 Å². The fourth-order valence-corrected chi connectivity index (χ4v) is 3.73. The van der Waals surface area contributed by atoms with Crippen LogP contribution in [-0.4, -0.2) is 41.1 Å². The molecule has 2 aliphatic heterocycles. The van der Waals surface area contributed by atoms with Gasteiger partial charge in [-0.25, -0.2) is 4.79 Å². The number of nitrogens with zero attached hydrogens (tertiary/aromatic N) is 1. The minimum atomic E-state index is -0.915.